The zero-order valence-corrected chi connectivity index (χ0v) is 12.1. The molecule has 2 rings (SSSR count). The fourth-order valence-corrected chi connectivity index (χ4v) is 3.00. The average Bonchev–Trinajstić information content (AvgIpc) is 2.96. The molecule has 1 aliphatic rings. The molecule has 110 valence electrons. The van der Waals surface area contributed by atoms with E-state index in [0.717, 1.165) is 24.9 Å². The molecule has 1 aliphatic carbocycles. The fourth-order valence-electron chi connectivity index (χ4n) is 3.00. The first-order valence-corrected chi connectivity index (χ1v) is 7.45. The molecule has 0 radical (unpaired) electrons. The summed E-state index contributed by atoms with van der Waals surface area (Å²) in [7, 11) is 0. The molecule has 1 aromatic carbocycles. The van der Waals surface area contributed by atoms with Crippen molar-refractivity contribution in [3.05, 3.63) is 29.8 Å². The van der Waals surface area contributed by atoms with Crippen molar-refractivity contribution in [2.45, 2.75) is 51.1 Å². The number of amides is 1. The lowest BCUT2D eigenvalue weighted by atomic mass is 10.0. The second-order valence-corrected chi connectivity index (χ2v) is 5.54. The summed E-state index contributed by atoms with van der Waals surface area (Å²) in [4.78, 5) is 14.4. The van der Waals surface area contributed by atoms with Crippen LogP contribution in [0.3, 0.4) is 0 Å². The number of carbonyl (C=O) groups is 1. The molecule has 0 spiro atoms. The predicted molar refractivity (Wildman–Crippen MR) is 79.4 cm³/mol. The van der Waals surface area contributed by atoms with Gasteiger partial charge in [-0.25, -0.2) is 0 Å². The Morgan fingerprint density at radius 3 is 2.50 bits per heavy atom. The molecular formula is C16H24N2O2. The third-order valence-corrected chi connectivity index (χ3v) is 4.10. The van der Waals surface area contributed by atoms with Gasteiger partial charge in [0.25, 0.3) is 0 Å². The zero-order chi connectivity index (χ0) is 14.5. The number of hydrogen-bond donors (Lipinski definition) is 2. The van der Waals surface area contributed by atoms with Gasteiger partial charge in [0.05, 0.1) is 6.04 Å². The highest BCUT2D eigenvalue weighted by molar-refractivity contribution is 5.82. The van der Waals surface area contributed by atoms with E-state index in [-0.39, 0.29) is 11.7 Å². The van der Waals surface area contributed by atoms with Gasteiger partial charge in [-0.15, -0.1) is 0 Å². The van der Waals surface area contributed by atoms with E-state index in [4.69, 9.17) is 5.73 Å². The Morgan fingerprint density at radius 1 is 1.35 bits per heavy atom. The number of aromatic hydroxyl groups is 1. The van der Waals surface area contributed by atoms with Crippen LogP contribution in [0.1, 0.15) is 38.2 Å². The van der Waals surface area contributed by atoms with E-state index >= 15 is 0 Å². The summed E-state index contributed by atoms with van der Waals surface area (Å²) in [6.07, 6.45) is 5.14. The molecule has 1 fully saturated rings. The standard InChI is InChI=1S/C16H24N2O2/c1-2-18(13-5-3-4-6-13)16(20)15(17)11-12-7-9-14(19)10-8-12/h7-10,13,15,19H,2-6,11,17H2,1H3/t15-/m1/s1. The fraction of sp³-hybridized carbons (Fsp3) is 0.562. The van der Waals surface area contributed by atoms with Crippen LogP contribution in [0, 0.1) is 0 Å². The lowest BCUT2D eigenvalue weighted by Gasteiger charge is -2.30. The van der Waals surface area contributed by atoms with Gasteiger partial charge in [-0.2, -0.15) is 0 Å². The van der Waals surface area contributed by atoms with Crippen molar-refractivity contribution in [2.75, 3.05) is 6.54 Å². The number of rotatable bonds is 5. The van der Waals surface area contributed by atoms with E-state index in [1.807, 2.05) is 24.0 Å². The van der Waals surface area contributed by atoms with Gasteiger partial charge in [0.1, 0.15) is 5.75 Å². The number of nitrogens with two attached hydrogens (primary N) is 1. The molecule has 3 N–H and O–H groups in total. The van der Waals surface area contributed by atoms with E-state index in [0.29, 0.717) is 12.5 Å². The first-order chi connectivity index (χ1) is 9.61. The predicted octanol–water partition coefficient (Wildman–Crippen LogP) is 2.05. The molecular weight excluding hydrogens is 252 g/mol. The van der Waals surface area contributed by atoms with Crippen LogP contribution in [0.2, 0.25) is 0 Å². The molecule has 4 heteroatoms. The van der Waals surface area contributed by atoms with Gasteiger partial charge >= 0.3 is 0 Å². The maximum atomic E-state index is 12.5. The van der Waals surface area contributed by atoms with Gasteiger partial charge in [-0.05, 0) is 43.9 Å². The smallest absolute Gasteiger partial charge is 0.240 e. The first-order valence-electron chi connectivity index (χ1n) is 7.45. The lowest BCUT2D eigenvalue weighted by molar-refractivity contribution is -0.134. The molecule has 4 nitrogen and oxygen atoms in total. The Balaban J connectivity index is 1.97. The largest absolute Gasteiger partial charge is 0.508 e. The number of carbonyl (C=O) groups excluding carboxylic acids is 1. The Hall–Kier alpha value is -1.55. The van der Waals surface area contributed by atoms with Crippen molar-refractivity contribution in [1.82, 2.24) is 4.90 Å². The minimum absolute atomic E-state index is 0.0486. The number of phenols is 1. The van der Waals surface area contributed by atoms with Crippen LogP contribution in [-0.4, -0.2) is 34.5 Å². The molecule has 0 aliphatic heterocycles. The van der Waals surface area contributed by atoms with Gasteiger partial charge in [0, 0.05) is 12.6 Å². The van der Waals surface area contributed by atoms with Crippen molar-refractivity contribution in [2.24, 2.45) is 5.73 Å². The maximum Gasteiger partial charge on any atom is 0.240 e. The molecule has 0 bridgehead atoms. The topological polar surface area (TPSA) is 66.6 Å². The van der Waals surface area contributed by atoms with Crippen molar-refractivity contribution < 1.29 is 9.90 Å². The third-order valence-electron chi connectivity index (χ3n) is 4.10. The highest BCUT2D eigenvalue weighted by Crippen LogP contribution is 2.24. The zero-order valence-electron chi connectivity index (χ0n) is 12.1. The van der Waals surface area contributed by atoms with Crippen molar-refractivity contribution >= 4 is 5.91 Å². The molecule has 1 aromatic rings. The second kappa shape index (κ2) is 6.75. The molecule has 1 atom stereocenters. The molecule has 0 aromatic heterocycles. The summed E-state index contributed by atoms with van der Waals surface area (Å²) >= 11 is 0. The summed E-state index contributed by atoms with van der Waals surface area (Å²) < 4.78 is 0. The normalized spacial score (nSPS) is 17.1. The van der Waals surface area contributed by atoms with Gasteiger partial charge in [0.15, 0.2) is 0 Å². The van der Waals surface area contributed by atoms with Crippen LogP contribution in [0.4, 0.5) is 0 Å². The quantitative estimate of drug-likeness (QED) is 0.865. The maximum absolute atomic E-state index is 12.5. The summed E-state index contributed by atoms with van der Waals surface area (Å²) in [5, 5.41) is 9.26. The van der Waals surface area contributed by atoms with Crippen molar-refractivity contribution in [3.63, 3.8) is 0 Å². The second-order valence-electron chi connectivity index (χ2n) is 5.54. The van der Waals surface area contributed by atoms with E-state index in [1.165, 1.54) is 12.8 Å². The number of phenolic OH excluding ortho intramolecular Hbond substituents is 1. The summed E-state index contributed by atoms with van der Waals surface area (Å²) in [5.74, 6) is 0.280. The summed E-state index contributed by atoms with van der Waals surface area (Å²) in [6.45, 7) is 2.75. The van der Waals surface area contributed by atoms with Crippen LogP contribution in [0.25, 0.3) is 0 Å². The average molecular weight is 276 g/mol. The van der Waals surface area contributed by atoms with E-state index < -0.39 is 6.04 Å². The lowest BCUT2D eigenvalue weighted by Crippen LogP contribution is -2.48. The SMILES string of the molecule is CCN(C(=O)[C@H](N)Cc1ccc(O)cc1)C1CCCC1. The Labute approximate surface area is 120 Å². The third kappa shape index (κ3) is 3.51. The van der Waals surface area contributed by atoms with Gasteiger partial charge in [-0.3, -0.25) is 4.79 Å². The Morgan fingerprint density at radius 2 is 1.95 bits per heavy atom. The van der Waals surface area contributed by atoms with Crippen molar-refractivity contribution in [3.8, 4) is 5.75 Å². The van der Waals surface area contributed by atoms with E-state index in [9.17, 15) is 9.90 Å². The van der Waals surface area contributed by atoms with Crippen LogP contribution >= 0.6 is 0 Å². The van der Waals surface area contributed by atoms with Crippen molar-refractivity contribution in [1.29, 1.82) is 0 Å². The van der Waals surface area contributed by atoms with Crippen LogP contribution in [0.15, 0.2) is 24.3 Å². The monoisotopic (exact) mass is 276 g/mol. The van der Waals surface area contributed by atoms with E-state index in [1.54, 1.807) is 12.1 Å². The highest BCUT2D eigenvalue weighted by Gasteiger charge is 2.28. The molecule has 0 heterocycles. The summed E-state index contributed by atoms with van der Waals surface area (Å²) in [6, 6.07) is 6.75. The Bertz CT molecular complexity index is 438. The van der Waals surface area contributed by atoms with E-state index in [2.05, 4.69) is 0 Å². The molecule has 1 amide bonds. The highest BCUT2D eigenvalue weighted by atomic mass is 16.3. The van der Waals surface area contributed by atoms with Gasteiger partial charge in [-0.1, -0.05) is 25.0 Å². The minimum Gasteiger partial charge on any atom is -0.508 e. The minimum atomic E-state index is -0.500. The van der Waals surface area contributed by atoms with Crippen LogP contribution in [-0.2, 0) is 11.2 Å². The van der Waals surface area contributed by atoms with Gasteiger partial charge in [0.2, 0.25) is 5.91 Å². The molecule has 20 heavy (non-hydrogen) atoms. The van der Waals surface area contributed by atoms with Crippen LogP contribution in [0.5, 0.6) is 5.75 Å². The Kier molecular flexibility index (Phi) is 5.01. The number of benzene rings is 1. The molecule has 0 saturated heterocycles. The number of likely N-dealkylation sites (N-methyl/N-ethyl adjacent to an activating group) is 1. The number of nitrogens with zero attached hydrogens (tertiary/aromatic N) is 1. The first kappa shape index (κ1) is 14.9. The molecule has 1 saturated carbocycles. The van der Waals surface area contributed by atoms with Crippen LogP contribution < -0.4 is 5.73 Å². The number of hydrogen-bond acceptors (Lipinski definition) is 3. The summed E-state index contributed by atoms with van der Waals surface area (Å²) in [5.41, 5.74) is 7.06. The van der Waals surface area contributed by atoms with Gasteiger partial charge < -0.3 is 15.7 Å². The molecule has 0 unspecified atom stereocenters.